The Kier molecular flexibility index (Phi) is 16.1. The lowest BCUT2D eigenvalue weighted by Gasteiger charge is -2.25. The van der Waals surface area contributed by atoms with E-state index < -0.39 is 17.2 Å². The first-order valence-electron chi connectivity index (χ1n) is 17.1. The molecule has 0 aliphatic heterocycles. The highest BCUT2D eigenvalue weighted by molar-refractivity contribution is 7.43. The number of allylic oxidation sites excluding steroid dienone is 4. The van der Waals surface area contributed by atoms with Crippen LogP contribution in [-0.4, -0.2) is 20.7 Å². The molecule has 6 rings (SSSR count). The molecule has 0 N–H and O–H groups in total. The predicted molar refractivity (Wildman–Crippen MR) is 206 cm³/mol. The van der Waals surface area contributed by atoms with E-state index in [1.807, 2.05) is 84.0 Å². The minimum absolute atomic E-state index is 0.272. The second-order valence-corrected chi connectivity index (χ2v) is 12.1. The van der Waals surface area contributed by atoms with Crippen LogP contribution in [0.15, 0.2) is 134 Å². The number of aromatic nitrogens is 3. The minimum atomic E-state index is -2.08. The number of ketones is 1. The van der Waals surface area contributed by atoms with Crippen LogP contribution >= 0.6 is 17.2 Å². The van der Waals surface area contributed by atoms with Crippen molar-refractivity contribution in [3.63, 3.8) is 0 Å². The standard InChI is InChI=1S/C36H31N3O7P2.2C2H6/c1-3-5-13-28(4-2)41-47(42-29-14-8-19-37-23-29)45-32-17-6-11-26-22-27-12-7-18-33(35(27)36(40)34(26)32)46-48(43-30-15-9-20-38-24-30)44-31-16-10-21-39-25-31;2*1-2/h3,5-21,23-25H,4,22H2,1-2H3;2*1-2H3/b5-3-,28-13+;;. The molecule has 0 saturated heterocycles. The summed E-state index contributed by atoms with van der Waals surface area (Å²) in [6.45, 7) is 11.9. The van der Waals surface area contributed by atoms with Crippen molar-refractivity contribution in [3.05, 3.63) is 156 Å². The molecule has 1 atom stereocenters. The highest BCUT2D eigenvalue weighted by atomic mass is 31.2. The van der Waals surface area contributed by atoms with Crippen LogP contribution in [-0.2, 0) is 10.9 Å². The number of fused-ring (bicyclic) bond motifs is 2. The van der Waals surface area contributed by atoms with Crippen LogP contribution in [0.1, 0.15) is 75.0 Å². The van der Waals surface area contributed by atoms with Crippen LogP contribution in [0.3, 0.4) is 0 Å². The zero-order chi connectivity index (χ0) is 37.1. The maximum Gasteiger partial charge on any atom is 0.530 e. The fourth-order valence-corrected chi connectivity index (χ4v) is 6.76. The number of rotatable bonds is 14. The van der Waals surface area contributed by atoms with Crippen molar-refractivity contribution in [2.45, 2.75) is 54.4 Å². The van der Waals surface area contributed by atoms with Crippen LogP contribution in [0.2, 0.25) is 0 Å². The Morgan fingerprint density at radius 1 is 0.654 bits per heavy atom. The maximum absolute atomic E-state index is 14.4. The highest BCUT2D eigenvalue weighted by Gasteiger charge is 2.33. The first kappa shape index (κ1) is 39.5. The van der Waals surface area contributed by atoms with E-state index >= 15 is 0 Å². The first-order chi connectivity index (χ1) is 25.6. The van der Waals surface area contributed by atoms with Gasteiger partial charge in [0.2, 0.25) is 5.78 Å². The number of carbonyl (C=O) groups is 1. The summed E-state index contributed by atoms with van der Waals surface area (Å²) in [5, 5.41) is 0. The first-order valence-corrected chi connectivity index (χ1v) is 19.3. The van der Waals surface area contributed by atoms with E-state index in [0.717, 1.165) is 11.1 Å². The topological polar surface area (TPSA) is 111 Å². The van der Waals surface area contributed by atoms with Crippen molar-refractivity contribution in [2.75, 3.05) is 0 Å². The van der Waals surface area contributed by atoms with Crippen LogP contribution in [0, 0.1) is 0 Å². The molecule has 0 bridgehead atoms. The van der Waals surface area contributed by atoms with E-state index in [2.05, 4.69) is 15.0 Å². The summed E-state index contributed by atoms with van der Waals surface area (Å²) in [4.78, 5) is 26.8. The van der Waals surface area contributed by atoms with E-state index in [0.29, 0.717) is 58.5 Å². The summed E-state index contributed by atoms with van der Waals surface area (Å²) in [6.07, 6.45) is 16.3. The van der Waals surface area contributed by atoms with Crippen molar-refractivity contribution in [1.29, 1.82) is 0 Å². The second kappa shape index (κ2) is 21.2. The maximum atomic E-state index is 14.4. The average Bonchev–Trinajstić information content (AvgIpc) is 3.19. The summed E-state index contributed by atoms with van der Waals surface area (Å²) >= 11 is 0. The van der Waals surface area contributed by atoms with Gasteiger partial charge >= 0.3 is 17.2 Å². The quantitative estimate of drug-likeness (QED) is 0.0608. The van der Waals surface area contributed by atoms with Gasteiger partial charge in [0, 0.05) is 25.0 Å². The zero-order valence-corrected chi connectivity index (χ0v) is 31.9. The molecule has 0 radical (unpaired) electrons. The van der Waals surface area contributed by atoms with Crippen molar-refractivity contribution in [1.82, 2.24) is 15.0 Å². The summed E-state index contributed by atoms with van der Waals surface area (Å²) in [5.74, 6) is 2.39. The van der Waals surface area contributed by atoms with Gasteiger partial charge in [0.15, 0.2) is 0 Å². The molecular formula is C40H43N3O7P2. The fraction of sp³-hybridized carbons (Fsp3) is 0.200. The fourth-order valence-electron chi connectivity index (χ4n) is 4.69. The lowest BCUT2D eigenvalue weighted by atomic mass is 9.84. The third-order valence-corrected chi connectivity index (χ3v) is 9.02. The molecule has 1 aliphatic rings. The van der Waals surface area contributed by atoms with E-state index in [4.69, 9.17) is 27.1 Å². The van der Waals surface area contributed by atoms with E-state index in [-0.39, 0.29) is 5.78 Å². The van der Waals surface area contributed by atoms with Crippen molar-refractivity contribution in [2.24, 2.45) is 0 Å². The number of hydrogen-bond acceptors (Lipinski definition) is 10. The van der Waals surface area contributed by atoms with Gasteiger partial charge in [-0.25, -0.2) is 0 Å². The molecule has 5 aromatic rings. The second-order valence-electron chi connectivity index (χ2n) is 10.2. The molecule has 2 aromatic carbocycles. The van der Waals surface area contributed by atoms with E-state index in [9.17, 15) is 4.79 Å². The Morgan fingerprint density at radius 3 is 1.54 bits per heavy atom. The Balaban J connectivity index is 0.00000146. The number of nitrogens with zero attached hydrogens (tertiary/aromatic N) is 3. The summed E-state index contributed by atoms with van der Waals surface area (Å²) < 4.78 is 37.3. The SMILES string of the molecule is C/C=C\C=C(/CC)OP(Oc1cccnc1)Oc1cccc2c1C(=O)c1c(cccc1OP(Oc1cccnc1)Oc1cccnc1)C2.CC.CC. The van der Waals surface area contributed by atoms with Crippen molar-refractivity contribution >= 4 is 23.0 Å². The van der Waals surface area contributed by atoms with Crippen LogP contribution in [0.4, 0.5) is 0 Å². The molecule has 0 spiro atoms. The van der Waals surface area contributed by atoms with Gasteiger partial charge in [-0.3, -0.25) is 19.7 Å². The van der Waals surface area contributed by atoms with E-state index in [1.165, 1.54) is 0 Å². The number of pyridine rings is 3. The van der Waals surface area contributed by atoms with Gasteiger partial charge in [-0.1, -0.05) is 71.0 Å². The normalized spacial score (nSPS) is 12.2. The van der Waals surface area contributed by atoms with Crippen LogP contribution < -0.4 is 22.6 Å². The van der Waals surface area contributed by atoms with Crippen molar-refractivity contribution < 1.29 is 31.9 Å². The third-order valence-electron chi connectivity index (χ3n) is 6.86. The molecule has 52 heavy (non-hydrogen) atoms. The Bertz CT molecular complexity index is 1850. The molecule has 3 heterocycles. The van der Waals surface area contributed by atoms with Gasteiger partial charge in [-0.15, -0.1) is 0 Å². The summed E-state index contributed by atoms with van der Waals surface area (Å²) in [6, 6.07) is 21.5. The molecule has 12 heteroatoms. The largest absolute Gasteiger partial charge is 0.530 e. The molecule has 1 unspecified atom stereocenters. The third kappa shape index (κ3) is 10.8. The van der Waals surface area contributed by atoms with Crippen LogP contribution in [0.25, 0.3) is 0 Å². The zero-order valence-electron chi connectivity index (χ0n) is 30.1. The number of hydrogen-bond donors (Lipinski definition) is 0. The highest BCUT2D eigenvalue weighted by Crippen LogP contribution is 2.49. The molecular weight excluding hydrogens is 696 g/mol. The van der Waals surface area contributed by atoms with Gasteiger partial charge in [-0.2, -0.15) is 0 Å². The molecule has 0 amide bonds. The van der Waals surface area contributed by atoms with Crippen LogP contribution in [0.5, 0.6) is 28.7 Å². The monoisotopic (exact) mass is 739 g/mol. The summed E-state index contributed by atoms with van der Waals surface area (Å²) in [5.41, 5.74) is 2.39. The molecule has 0 saturated carbocycles. The van der Waals surface area contributed by atoms with Gasteiger partial charge in [0.1, 0.15) is 34.5 Å². The van der Waals surface area contributed by atoms with Gasteiger partial charge < -0.3 is 27.1 Å². The Hall–Kier alpha value is -5.30. The van der Waals surface area contributed by atoms with Gasteiger partial charge in [0.25, 0.3) is 0 Å². The average molecular weight is 740 g/mol. The molecule has 3 aromatic heterocycles. The summed E-state index contributed by atoms with van der Waals surface area (Å²) in [7, 11) is -4.11. The minimum Gasteiger partial charge on any atom is -0.413 e. The lowest BCUT2D eigenvalue weighted by Crippen LogP contribution is -2.18. The van der Waals surface area contributed by atoms with Crippen molar-refractivity contribution in [3.8, 4) is 28.7 Å². The van der Waals surface area contributed by atoms with E-state index in [1.54, 1.807) is 85.7 Å². The number of benzene rings is 2. The lowest BCUT2D eigenvalue weighted by molar-refractivity contribution is 0.103. The Morgan fingerprint density at radius 2 is 1.12 bits per heavy atom. The van der Waals surface area contributed by atoms with Gasteiger partial charge in [0.05, 0.1) is 29.7 Å². The Labute approximate surface area is 308 Å². The molecule has 10 nitrogen and oxygen atoms in total. The van der Waals surface area contributed by atoms with Gasteiger partial charge in [-0.05, 0) is 79.1 Å². The molecule has 0 fully saturated rings. The smallest absolute Gasteiger partial charge is 0.413 e. The predicted octanol–water partition coefficient (Wildman–Crippen LogP) is 11.4. The molecule has 270 valence electrons. The number of carbonyl (C=O) groups excluding carboxylic acids is 1. The molecule has 1 aliphatic carbocycles.